The minimum atomic E-state index is -0.980. The molecule has 1 aromatic heterocycles. The molecule has 94 valence electrons. The van der Waals surface area contributed by atoms with Gasteiger partial charge in [-0.25, -0.2) is 4.79 Å². The highest BCUT2D eigenvalue weighted by Crippen LogP contribution is 2.24. The molecule has 5 heteroatoms. The summed E-state index contributed by atoms with van der Waals surface area (Å²) in [7, 11) is 1.70. The average Bonchev–Trinajstić information content (AvgIpc) is 2.73. The molecular weight excluding hydrogens is 232 g/mol. The molecule has 0 saturated carbocycles. The quantitative estimate of drug-likeness (QED) is 0.898. The van der Waals surface area contributed by atoms with Crippen molar-refractivity contribution in [3.8, 4) is 17.0 Å². The Morgan fingerprint density at radius 3 is 2.61 bits per heavy atom. The van der Waals surface area contributed by atoms with Crippen molar-refractivity contribution in [2.45, 2.75) is 6.92 Å². The molecule has 0 spiro atoms. The molecule has 0 aliphatic heterocycles. The van der Waals surface area contributed by atoms with Crippen molar-refractivity contribution in [3.05, 3.63) is 36.0 Å². The number of carboxylic acids is 1. The highest BCUT2D eigenvalue weighted by Gasteiger charge is 2.15. The normalized spacial score (nSPS) is 10.3. The van der Waals surface area contributed by atoms with Crippen molar-refractivity contribution in [1.29, 1.82) is 0 Å². The third-order valence-corrected chi connectivity index (χ3v) is 2.50. The van der Waals surface area contributed by atoms with Crippen LogP contribution in [0.4, 0.5) is 0 Å². The predicted octanol–water partition coefficient (Wildman–Crippen LogP) is 2.18. The lowest BCUT2D eigenvalue weighted by Gasteiger charge is -2.03. The minimum Gasteiger partial charge on any atom is -0.494 e. The second-order valence-electron chi connectivity index (χ2n) is 3.83. The average molecular weight is 246 g/mol. The first-order chi connectivity index (χ1) is 8.61. The zero-order valence-corrected chi connectivity index (χ0v) is 10.3. The van der Waals surface area contributed by atoms with E-state index in [4.69, 9.17) is 9.84 Å². The van der Waals surface area contributed by atoms with E-state index in [1.807, 2.05) is 6.92 Å². The van der Waals surface area contributed by atoms with Gasteiger partial charge >= 0.3 is 5.97 Å². The summed E-state index contributed by atoms with van der Waals surface area (Å²) in [5.74, 6) is -0.221. The molecule has 0 atom stereocenters. The van der Waals surface area contributed by atoms with Crippen LogP contribution in [0.2, 0.25) is 0 Å². The number of rotatable bonds is 4. The molecule has 1 aromatic carbocycles. The minimum absolute atomic E-state index is 0.196. The van der Waals surface area contributed by atoms with Crippen molar-refractivity contribution in [2.75, 3.05) is 6.61 Å². The third-order valence-electron chi connectivity index (χ3n) is 2.50. The summed E-state index contributed by atoms with van der Waals surface area (Å²) in [6, 6.07) is 7.22. The molecule has 0 aliphatic rings. The van der Waals surface area contributed by atoms with Gasteiger partial charge in [-0.1, -0.05) is 0 Å². The Bertz CT molecular complexity index is 558. The van der Waals surface area contributed by atoms with E-state index in [1.54, 1.807) is 31.3 Å². The van der Waals surface area contributed by atoms with E-state index in [0.29, 0.717) is 12.3 Å². The standard InChI is InChI=1S/C13H14N2O3/c1-3-18-10-6-4-9(5-7-10)12-11(13(16)17)8-15(2)14-12/h4-8H,3H2,1-2H3,(H,16,17). The van der Waals surface area contributed by atoms with E-state index in [-0.39, 0.29) is 5.56 Å². The Kier molecular flexibility index (Phi) is 3.32. The van der Waals surface area contributed by atoms with Gasteiger partial charge in [-0.3, -0.25) is 4.68 Å². The molecule has 0 fully saturated rings. The van der Waals surface area contributed by atoms with Crippen LogP contribution in [0.15, 0.2) is 30.5 Å². The summed E-state index contributed by atoms with van der Waals surface area (Å²) in [4.78, 5) is 11.1. The SMILES string of the molecule is CCOc1ccc(-c2nn(C)cc2C(=O)O)cc1. The Hall–Kier alpha value is -2.30. The maximum absolute atomic E-state index is 11.1. The van der Waals surface area contributed by atoms with Gasteiger partial charge in [0.15, 0.2) is 0 Å². The van der Waals surface area contributed by atoms with Gasteiger partial charge in [0.25, 0.3) is 0 Å². The van der Waals surface area contributed by atoms with Crippen molar-refractivity contribution >= 4 is 5.97 Å². The number of nitrogens with zero attached hydrogens (tertiary/aromatic N) is 2. The smallest absolute Gasteiger partial charge is 0.339 e. The molecule has 0 radical (unpaired) electrons. The number of benzene rings is 1. The van der Waals surface area contributed by atoms with E-state index < -0.39 is 5.97 Å². The van der Waals surface area contributed by atoms with Crippen LogP contribution in [0.3, 0.4) is 0 Å². The van der Waals surface area contributed by atoms with Gasteiger partial charge in [-0.2, -0.15) is 5.10 Å². The number of carboxylic acid groups (broad SMARTS) is 1. The lowest BCUT2D eigenvalue weighted by atomic mass is 10.1. The van der Waals surface area contributed by atoms with E-state index in [2.05, 4.69) is 5.10 Å². The van der Waals surface area contributed by atoms with Crippen molar-refractivity contribution in [1.82, 2.24) is 9.78 Å². The first kappa shape index (κ1) is 12.2. The van der Waals surface area contributed by atoms with Crippen LogP contribution >= 0.6 is 0 Å². The summed E-state index contributed by atoms with van der Waals surface area (Å²) >= 11 is 0. The van der Waals surface area contributed by atoms with Crippen LogP contribution in [0.1, 0.15) is 17.3 Å². The molecule has 1 N–H and O–H groups in total. The van der Waals surface area contributed by atoms with Crippen molar-refractivity contribution in [2.24, 2.45) is 7.05 Å². The molecule has 18 heavy (non-hydrogen) atoms. The first-order valence-corrected chi connectivity index (χ1v) is 5.62. The number of ether oxygens (including phenoxy) is 1. The fourth-order valence-electron chi connectivity index (χ4n) is 1.73. The third kappa shape index (κ3) is 2.34. The highest BCUT2D eigenvalue weighted by molar-refractivity contribution is 5.94. The van der Waals surface area contributed by atoms with Crippen molar-refractivity contribution < 1.29 is 14.6 Å². The number of hydrogen-bond acceptors (Lipinski definition) is 3. The summed E-state index contributed by atoms with van der Waals surface area (Å²) in [6.45, 7) is 2.51. The second kappa shape index (κ2) is 4.91. The van der Waals surface area contributed by atoms with Crippen LogP contribution in [-0.2, 0) is 7.05 Å². The number of hydrogen-bond donors (Lipinski definition) is 1. The number of aromatic carboxylic acids is 1. The summed E-state index contributed by atoms with van der Waals surface area (Å²) in [5, 5.41) is 13.3. The number of carbonyl (C=O) groups is 1. The summed E-state index contributed by atoms with van der Waals surface area (Å²) in [5.41, 5.74) is 1.42. The fourth-order valence-corrected chi connectivity index (χ4v) is 1.73. The Morgan fingerprint density at radius 2 is 2.06 bits per heavy atom. The molecule has 2 rings (SSSR count). The van der Waals surface area contributed by atoms with Gasteiger partial charge in [0.2, 0.25) is 0 Å². The molecule has 0 saturated heterocycles. The molecular formula is C13H14N2O3. The molecule has 0 aliphatic carbocycles. The van der Waals surface area contributed by atoms with Gasteiger partial charge in [0, 0.05) is 18.8 Å². The lowest BCUT2D eigenvalue weighted by molar-refractivity contribution is 0.0697. The van der Waals surface area contributed by atoms with E-state index in [9.17, 15) is 4.79 Å². The Morgan fingerprint density at radius 1 is 1.39 bits per heavy atom. The largest absolute Gasteiger partial charge is 0.494 e. The second-order valence-corrected chi connectivity index (χ2v) is 3.83. The molecule has 1 heterocycles. The van der Waals surface area contributed by atoms with Crippen LogP contribution in [-0.4, -0.2) is 27.5 Å². The molecule has 0 unspecified atom stereocenters. The highest BCUT2D eigenvalue weighted by atomic mass is 16.5. The van der Waals surface area contributed by atoms with Gasteiger partial charge in [0.05, 0.1) is 6.61 Å². The van der Waals surface area contributed by atoms with Crippen LogP contribution in [0, 0.1) is 0 Å². The van der Waals surface area contributed by atoms with E-state index in [0.717, 1.165) is 11.3 Å². The van der Waals surface area contributed by atoms with Gasteiger partial charge in [-0.05, 0) is 31.2 Å². The molecule has 0 amide bonds. The zero-order chi connectivity index (χ0) is 13.1. The zero-order valence-electron chi connectivity index (χ0n) is 10.3. The molecule has 5 nitrogen and oxygen atoms in total. The van der Waals surface area contributed by atoms with Crippen molar-refractivity contribution in [3.63, 3.8) is 0 Å². The van der Waals surface area contributed by atoms with Crippen LogP contribution < -0.4 is 4.74 Å². The first-order valence-electron chi connectivity index (χ1n) is 5.62. The van der Waals surface area contributed by atoms with Gasteiger partial charge in [0.1, 0.15) is 17.0 Å². The topological polar surface area (TPSA) is 64.4 Å². The maximum atomic E-state index is 11.1. The molecule has 2 aromatic rings. The summed E-state index contributed by atoms with van der Waals surface area (Å²) < 4.78 is 6.83. The molecule has 0 bridgehead atoms. The van der Waals surface area contributed by atoms with E-state index >= 15 is 0 Å². The van der Waals surface area contributed by atoms with Crippen LogP contribution in [0.25, 0.3) is 11.3 Å². The lowest BCUT2D eigenvalue weighted by Crippen LogP contribution is -1.97. The maximum Gasteiger partial charge on any atom is 0.339 e. The predicted molar refractivity (Wildman–Crippen MR) is 66.8 cm³/mol. The number of aryl methyl sites for hydroxylation is 1. The van der Waals surface area contributed by atoms with Crippen LogP contribution in [0.5, 0.6) is 5.75 Å². The Balaban J connectivity index is 2.39. The van der Waals surface area contributed by atoms with E-state index in [1.165, 1.54) is 10.9 Å². The monoisotopic (exact) mass is 246 g/mol. The number of aromatic nitrogens is 2. The Labute approximate surface area is 105 Å². The summed E-state index contributed by atoms with van der Waals surface area (Å²) in [6.07, 6.45) is 1.49. The van der Waals surface area contributed by atoms with Gasteiger partial charge < -0.3 is 9.84 Å². The van der Waals surface area contributed by atoms with Gasteiger partial charge in [-0.15, -0.1) is 0 Å². The fraction of sp³-hybridized carbons (Fsp3) is 0.231.